The Bertz CT molecular complexity index is 4000. The first-order valence-electron chi connectivity index (χ1n) is 25.6. The molecule has 0 unspecified atom stereocenters. The van der Waals surface area contributed by atoms with Crippen molar-refractivity contribution < 1.29 is 4.42 Å². The highest BCUT2D eigenvalue weighted by Crippen LogP contribution is 2.58. The van der Waals surface area contributed by atoms with Gasteiger partial charge < -0.3 is 13.8 Å². The lowest BCUT2D eigenvalue weighted by atomic mass is 9.43. The molecule has 4 aliphatic rings. The molecule has 0 saturated heterocycles. The lowest BCUT2D eigenvalue weighted by Crippen LogP contribution is -2.60. The van der Waals surface area contributed by atoms with E-state index in [2.05, 4.69) is 233 Å². The number of anilines is 2. The van der Waals surface area contributed by atoms with Crippen molar-refractivity contribution in [2.24, 2.45) is 0 Å². The number of benzene rings is 8. The van der Waals surface area contributed by atoms with Gasteiger partial charge in [-0.15, -0.1) is 0 Å². The number of fused-ring (bicyclic) bond motifs is 19. The fourth-order valence-electron chi connectivity index (χ4n) is 13.6. The summed E-state index contributed by atoms with van der Waals surface area (Å²) in [4.78, 5) is 2.75. The zero-order valence-corrected chi connectivity index (χ0v) is 43.1. The Morgan fingerprint density at radius 2 is 1.06 bits per heavy atom. The Labute approximate surface area is 413 Å². The number of nitrogens with zero attached hydrogens (tertiary/aromatic N) is 2. The summed E-state index contributed by atoms with van der Waals surface area (Å²) >= 11 is 0. The average molecular weight is 909 g/mol. The van der Waals surface area contributed by atoms with Gasteiger partial charge in [-0.2, -0.15) is 0 Å². The summed E-state index contributed by atoms with van der Waals surface area (Å²) in [6, 6.07) is 52.5. The number of furan rings is 1. The monoisotopic (exact) mass is 908 g/mol. The number of hydrogen-bond donors (Lipinski definition) is 0. The lowest BCUT2D eigenvalue weighted by molar-refractivity contribution is 0.589. The van der Waals surface area contributed by atoms with Crippen LogP contribution in [0.1, 0.15) is 129 Å². The predicted molar refractivity (Wildman–Crippen MR) is 298 cm³/mol. The molecule has 0 bridgehead atoms. The molecule has 8 aromatic carbocycles. The highest BCUT2D eigenvalue weighted by Gasteiger charge is 2.49. The molecular weight excluding hydrogens is 848 g/mol. The van der Waals surface area contributed by atoms with E-state index in [0.717, 1.165) is 16.6 Å². The Kier molecular flexibility index (Phi) is 7.91. The van der Waals surface area contributed by atoms with Gasteiger partial charge in [0.1, 0.15) is 11.2 Å². The van der Waals surface area contributed by atoms with Crippen LogP contribution in [-0.4, -0.2) is 11.4 Å². The maximum atomic E-state index is 7.36. The summed E-state index contributed by atoms with van der Waals surface area (Å²) in [6.07, 6.45) is 0. The topological polar surface area (TPSA) is 21.3 Å². The minimum atomic E-state index is -0.211. The van der Waals surface area contributed by atoms with Gasteiger partial charge in [-0.1, -0.05) is 175 Å². The van der Waals surface area contributed by atoms with E-state index >= 15 is 0 Å². The molecule has 344 valence electrons. The fraction of sp³-hybridized carbons (Fsp3) is 0.273. The molecule has 2 aromatic heterocycles. The third-order valence-corrected chi connectivity index (χ3v) is 17.4. The molecule has 2 aliphatic carbocycles. The summed E-state index contributed by atoms with van der Waals surface area (Å²) in [6.45, 7) is 30.5. The van der Waals surface area contributed by atoms with Crippen LogP contribution in [0, 0.1) is 0 Å². The Morgan fingerprint density at radius 3 is 1.77 bits per heavy atom. The second-order valence-electron chi connectivity index (χ2n) is 25.4. The van der Waals surface area contributed by atoms with E-state index in [1.807, 2.05) is 0 Å². The molecular formula is C66H61BN2O. The molecule has 3 nitrogen and oxygen atoms in total. The van der Waals surface area contributed by atoms with Gasteiger partial charge >= 0.3 is 6.85 Å². The molecule has 0 spiro atoms. The maximum absolute atomic E-state index is 7.36. The van der Waals surface area contributed by atoms with Gasteiger partial charge in [0.25, 0.3) is 0 Å². The van der Waals surface area contributed by atoms with E-state index in [0.29, 0.717) is 0 Å². The molecule has 0 fully saturated rings. The first-order valence-corrected chi connectivity index (χ1v) is 25.6. The van der Waals surface area contributed by atoms with Gasteiger partial charge in [0.15, 0.2) is 0 Å². The summed E-state index contributed by atoms with van der Waals surface area (Å²) in [7, 11) is 0. The second-order valence-corrected chi connectivity index (χ2v) is 25.4. The first-order chi connectivity index (χ1) is 33.1. The van der Waals surface area contributed by atoms with Crippen molar-refractivity contribution in [1.82, 2.24) is 4.57 Å². The molecule has 14 rings (SSSR count). The van der Waals surface area contributed by atoms with Gasteiger partial charge in [0.05, 0.1) is 16.4 Å². The smallest absolute Gasteiger partial charge is 0.333 e. The normalized spacial score (nSPS) is 16.0. The zero-order chi connectivity index (χ0) is 48.5. The standard InChI is InChI=1S/C66H61BN2O/c1-62(2,3)36-22-26-39(27-23-36)69-53-34-49-43(42-30-37(63(4,5)6)24-28-48(42)66(49,12)13)32-46(53)56-57-41-19-15-17-21-55(41)70-61(57)58-45-31-38(64(7,8)9)25-29-52(45)68-54-35-50-44(33-51(54)67(69)59(56)60(58)68)40-18-14-16-20-47(40)65(50,10)11/h14-35H,1-13H3. The Balaban J connectivity index is 1.21. The van der Waals surface area contributed by atoms with E-state index in [4.69, 9.17) is 4.42 Å². The molecule has 70 heavy (non-hydrogen) atoms. The average Bonchev–Trinajstić information content (AvgIpc) is 4.00. The largest absolute Gasteiger partial charge is 0.455 e. The van der Waals surface area contributed by atoms with Crippen LogP contribution in [0.3, 0.4) is 0 Å². The molecule has 2 aliphatic heterocycles. The van der Waals surface area contributed by atoms with Gasteiger partial charge in [-0.3, -0.25) is 0 Å². The molecule has 0 N–H and O–H groups in total. The molecule has 0 amide bonds. The molecule has 0 radical (unpaired) electrons. The van der Waals surface area contributed by atoms with Crippen LogP contribution in [0.25, 0.3) is 82.8 Å². The minimum Gasteiger partial charge on any atom is -0.455 e. The Hall–Kier alpha value is -6.78. The fourth-order valence-corrected chi connectivity index (χ4v) is 13.6. The number of aromatic nitrogens is 1. The molecule has 10 aromatic rings. The van der Waals surface area contributed by atoms with Crippen molar-refractivity contribution in [2.45, 2.75) is 117 Å². The number of para-hydroxylation sites is 1. The number of hydrogen-bond acceptors (Lipinski definition) is 2. The highest BCUT2D eigenvalue weighted by atomic mass is 16.3. The maximum Gasteiger partial charge on any atom is 0.333 e. The molecule has 0 saturated carbocycles. The van der Waals surface area contributed by atoms with E-state index < -0.39 is 0 Å². The van der Waals surface area contributed by atoms with Gasteiger partial charge in [-0.05, 0) is 142 Å². The SMILES string of the molecule is CC(C)(C)c1ccc(N2B3c4cc5c(cc4-n4c6ccc(C(C)(C)C)cc6c6c7oc8ccccc8c7c(c3c64)-c3cc4c(cc32)C(C)(C)c2ccc(C(C)(C)C)cc2-4)C(C)(C)c2ccccc2-5)cc1. The zero-order valence-electron chi connectivity index (χ0n) is 43.1. The summed E-state index contributed by atoms with van der Waals surface area (Å²) in [5.41, 5.74) is 27.8. The summed E-state index contributed by atoms with van der Waals surface area (Å²) in [5, 5.41) is 4.83. The van der Waals surface area contributed by atoms with Crippen molar-refractivity contribution in [3.63, 3.8) is 0 Å². The first kappa shape index (κ1) is 42.1. The minimum absolute atomic E-state index is 0.0125. The predicted octanol–water partition coefficient (Wildman–Crippen LogP) is 16.4. The third-order valence-electron chi connectivity index (χ3n) is 17.4. The van der Waals surface area contributed by atoms with Crippen LogP contribution in [0.5, 0.6) is 0 Å². The van der Waals surface area contributed by atoms with Crippen molar-refractivity contribution in [3.8, 4) is 39.1 Å². The van der Waals surface area contributed by atoms with Crippen LogP contribution >= 0.6 is 0 Å². The lowest BCUT2D eigenvalue weighted by Gasteiger charge is -2.43. The molecule has 0 atom stereocenters. The van der Waals surface area contributed by atoms with Gasteiger partial charge in [0, 0.05) is 49.6 Å². The van der Waals surface area contributed by atoms with E-state index in [1.165, 1.54) is 128 Å². The second kappa shape index (κ2) is 13.1. The highest BCUT2D eigenvalue weighted by molar-refractivity contribution is 6.94. The van der Waals surface area contributed by atoms with Crippen LogP contribution in [0.15, 0.2) is 138 Å². The third kappa shape index (κ3) is 5.27. The van der Waals surface area contributed by atoms with Gasteiger partial charge in [-0.25, -0.2) is 0 Å². The summed E-state index contributed by atoms with van der Waals surface area (Å²) in [5.74, 6) is 0. The van der Waals surface area contributed by atoms with E-state index in [-0.39, 0.29) is 33.9 Å². The quantitative estimate of drug-likeness (QED) is 0.153. The van der Waals surface area contributed by atoms with Crippen LogP contribution in [0.2, 0.25) is 0 Å². The van der Waals surface area contributed by atoms with Gasteiger partial charge in [0.2, 0.25) is 0 Å². The van der Waals surface area contributed by atoms with Crippen molar-refractivity contribution in [2.75, 3.05) is 4.81 Å². The van der Waals surface area contributed by atoms with Crippen LogP contribution < -0.4 is 15.7 Å². The van der Waals surface area contributed by atoms with Crippen molar-refractivity contribution in [1.29, 1.82) is 0 Å². The van der Waals surface area contributed by atoms with E-state index in [9.17, 15) is 0 Å². The van der Waals surface area contributed by atoms with Crippen LogP contribution in [-0.2, 0) is 27.1 Å². The Morgan fingerprint density at radius 1 is 0.471 bits per heavy atom. The summed E-state index contributed by atoms with van der Waals surface area (Å²) < 4.78 is 10.0. The van der Waals surface area contributed by atoms with E-state index in [1.54, 1.807) is 0 Å². The van der Waals surface area contributed by atoms with Crippen molar-refractivity contribution in [3.05, 3.63) is 172 Å². The number of rotatable bonds is 1. The molecule has 4 heteroatoms. The molecule has 4 heterocycles. The van der Waals surface area contributed by atoms with Crippen molar-refractivity contribution >= 4 is 72.9 Å². The van der Waals surface area contributed by atoms with Crippen LogP contribution in [0.4, 0.5) is 11.4 Å².